The quantitative estimate of drug-likeness (QED) is 0.125. The normalized spacial score (nSPS) is 12.1. The van der Waals surface area contributed by atoms with Crippen molar-refractivity contribution in [3.05, 3.63) is 156 Å². The van der Waals surface area contributed by atoms with Crippen molar-refractivity contribution in [3.63, 3.8) is 0 Å². The summed E-state index contributed by atoms with van der Waals surface area (Å²) in [5, 5.41) is 9.98. The molecule has 1 heterocycles. The molecular weight excluding hydrogens is 633 g/mol. The van der Waals surface area contributed by atoms with E-state index in [4.69, 9.17) is 9.47 Å². The molecule has 0 aliphatic carbocycles. The van der Waals surface area contributed by atoms with Crippen molar-refractivity contribution in [2.45, 2.75) is 13.8 Å². The smallest absolute Gasteiger partial charge is 0.250 e. The Morgan fingerprint density at radius 1 is 0.569 bits per heavy atom. The third kappa shape index (κ3) is 6.94. The molecule has 6 aromatic carbocycles. The fourth-order valence-corrected chi connectivity index (χ4v) is 6.11. The van der Waals surface area contributed by atoms with Crippen LogP contribution in [0.25, 0.3) is 57.0 Å². The number of hydrogen-bond donors (Lipinski definition) is 2. The van der Waals surface area contributed by atoms with Gasteiger partial charge in [0.05, 0.1) is 0 Å². The molecule has 0 atom stereocenters. The summed E-state index contributed by atoms with van der Waals surface area (Å²) in [7, 11) is 0. The van der Waals surface area contributed by atoms with Crippen LogP contribution in [0.1, 0.15) is 36.1 Å². The van der Waals surface area contributed by atoms with E-state index < -0.39 is 0 Å². The van der Waals surface area contributed by atoms with E-state index in [9.17, 15) is 9.59 Å². The highest BCUT2D eigenvalue weighted by molar-refractivity contribution is 6.13. The average molecular weight is 669 g/mol. The minimum atomic E-state index is -0.206. The van der Waals surface area contributed by atoms with Crippen LogP contribution in [0.4, 0.5) is 11.4 Å². The van der Waals surface area contributed by atoms with Crippen LogP contribution in [0, 0.1) is 0 Å². The lowest BCUT2D eigenvalue weighted by Crippen LogP contribution is -2.11. The van der Waals surface area contributed by atoms with E-state index in [2.05, 4.69) is 72.3 Å². The molecule has 1 aliphatic rings. The van der Waals surface area contributed by atoms with Crippen molar-refractivity contribution in [2.75, 3.05) is 17.4 Å². The highest BCUT2D eigenvalue weighted by Gasteiger charge is 2.26. The van der Waals surface area contributed by atoms with Gasteiger partial charge in [0, 0.05) is 44.8 Å². The maximum absolute atomic E-state index is 12.1. The summed E-state index contributed by atoms with van der Waals surface area (Å²) < 4.78 is 13.0. The van der Waals surface area contributed by atoms with Gasteiger partial charge in [-0.3, -0.25) is 9.59 Å². The van der Waals surface area contributed by atoms with Gasteiger partial charge < -0.3 is 20.1 Å². The molecule has 0 saturated carbocycles. The summed E-state index contributed by atoms with van der Waals surface area (Å²) in [6.45, 7) is 10.8. The molecule has 6 nitrogen and oxygen atoms in total. The fourth-order valence-electron chi connectivity index (χ4n) is 6.11. The number of fused-ring (bicyclic) bond motifs is 7. The lowest BCUT2D eigenvalue weighted by Gasteiger charge is -2.17. The SMILES string of the molecule is C=C(C)C(=O)Nc1ccc(/C=C\c2cc3ccccc3c3c2OCOc2c(/C=C\c4ccc(NC(=O)C(=C)C)cc4)cc4ccccc4c2-3)cc1. The Bertz CT molecular complexity index is 2250. The van der Waals surface area contributed by atoms with Crippen molar-refractivity contribution in [1.82, 2.24) is 0 Å². The maximum atomic E-state index is 12.1. The monoisotopic (exact) mass is 668 g/mol. The Balaban J connectivity index is 1.31. The van der Waals surface area contributed by atoms with Crippen molar-refractivity contribution < 1.29 is 19.1 Å². The molecule has 6 aromatic rings. The molecule has 0 spiro atoms. The van der Waals surface area contributed by atoms with Crippen LogP contribution in [0.5, 0.6) is 11.5 Å². The van der Waals surface area contributed by atoms with Gasteiger partial charge >= 0.3 is 0 Å². The minimum absolute atomic E-state index is 0.0343. The van der Waals surface area contributed by atoms with Gasteiger partial charge in [0.1, 0.15) is 11.5 Å². The molecule has 0 aromatic heterocycles. The zero-order valence-electron chi connectivity index (χ0n) is 28.5. The predicted molar refractivity (Wildman–Crippen MR) is 211 cm³/mol. The lowest BCUT2D eigenvalue weighted by atomic mass is 9.88. The second-order valence-corrected chi connectivity index (χ2v) is 12.6. The number of carbonyl (C=O) groups is 2. The zero-order chi connectivity index (χ0) is 35.5. The molecule has 6 heteroatoms. The Kier molecular flexibility index (Phi) is 9.06. The first-order chi connectivity index (χ1) is 24.7. The van der Waals surface area contributed by atoms with Crippen LogP contribution in [0.3, 0.4) is 0 Å². The molecule has 51 heavy (non-hydrogen) atoms. The van der Waals surface area contributed by atoms with E-state index >= 15 is 0 Å². The standard InChI is InChI=1S/C45H36N2O4/c1-28(2)44(48)46-36-21-15-30(16-22-36)13-19-34-25-32-9-5-7-11-38(32)40-41-39-12-8-6-10-33(39)26-35(43(41)51-27-50-42(34)40)20-14-31-17-23-37(24-18-31)47-45(49)29(3)4/h5-26H,1,3,27H2,2,4H3,(H,46,48)(H,47,49)/b19-13-,20-14-. The predicted octanol–water partition coefficient (Wildman–Crippen LogP) is 10.8. The summed E-state index contributed by atoms with van der Waals surface area (Å²) >= 11 is 0. The van der Waals surface area contributed by atoms with E-state index in [-0.39, 0.29) is 18.6 Å². The maximum Gasteiger partial charge on any atom is 0.250 e. The van der Waals surface area contributed by atoms with Crippen LogP contribution in [-0.2, 0) is 9.59 Å². The molecule has 7 rings (SSSR count). The van der Waals surface area contributed by atoms with E-state index in [1.807, 2.05) is 84.9 Å². The fraction of sp³-hybridized carbons (Fsp3) is 0.0667. The van der Waals surface area contributed by atoms with Gasteiger partial charge in [-0.05, 0) is 82.9 Å². The summed E-state index contributed by atoms with van der Waals surface area (Å²) in [6, 6.07) is 36.3. The van der Waals surface area contributed by atoms with Gasteiger partial charge in [0.25, 0.3) is 11.8 Å². The van der Waals surface area contributed by atoms with Crippen molar-refractivity contribution >= 4 is 69.0 Å². The second kappa shape index (κ2) is 14.1. The Hall–Kier alpha value is -6.66. The van der Waals surface area contributed by atoms with Gasteiger partial charge in [-0.25, -0.2) is 0 Å². The summed E-state index contributed by atoms with van der Waals surface area (Å²) in [4.78, 5) is 24.1. The summed E-state index contributed by atoms with van der Waals surface area (Å²) in [6.07, 6.45) is 8.20. The number of amides is 2. The topological polar surface area (TPSA) is 76.7 Å². The highest BCUT2D eigenvalue weighted by Crippen LogP contribution is 2.50. The number of rotatable bonds is 8. The number of ether oxygens (including phenoxy) is 2. The first-order valence-corrected chi connectivity index (χ1v) is 16.6. The molecule has 2 N–H and O–H groups in total. The van der Waals surface area contributed by atoms with Crippen LogP contribution >= 0.6 is 0 Å². The highest BCUT2D eigenvalue weighted by atomic mass is 16.7. The van der Waals surface area contributed by atoms with Gasteiger partial charge in [0.15, 0.2) is 0 Å². The molecular formula is C45H36N2O4. The van der Waals surface area contributed by atoms with E-state index in [1.165, 1.54) is 0 Å². The Labute approximate surface area is 297 Å². The minimum Gasteiger partial charge on any atom is -0.456 e. The van der Waals surface area contributed by atoms with Crippen molar-refractivity contribution in [3.8, 4) is 22.6 Å². The van der Waals surface area contributed by atoms with Gasteiger partial charge in [-0.15, -0.1) is 0 Å². The first kappa shape index (κ1) is 32.9. The molecule has 0 unspecified atom stereocenters. The number of hydrogen-bond acceptors (Lipinski definition) is 4. The van der Waals surface area contributed by atoms with Gasteiger partial charge in [-0.2, -0.15) is 0 Å². The lowest BCUT2D eigenvalue weighted by molar-refractivity contribution is -0.113. The van der Waals surface area contributed by atoms with Gasteiger partial charge in [0.2, 0.25) is 6.79 Å². The third-order valence-electron chi connectivity index (χ3n) is 8.74. The van der Waals surface area contributed by atoms with Gasteiger partial charge in [-0.1, -0.05) is 110 Å². The first-order valence-electron chi connectivity index (χ1n) is 16.6. The number of anilines is 2. The molecule has 1 aliphatic heterocycles. The largest absolute Gasteiger partial charge is 0.456 e. The number of carbonyl (C=O) groups excluding carboxylic acids is 2. The zero-order valence-corrected chi connectivity index (χ0v) is 28.5. The summed E-state index contributed by atoms with van der Waals surface area (Å²) in [5.74, 6) is 1.08. The molecule has 0 bridgehead atoms. The molecule has 0 fully saturated rings. The third-order valence-corrected chi connectivity index (χ3v) is 8.74. The summed E-state index contributed by atoms with van der Waals surface area (Å²) in [5.41, 5.74) is 8.05. The average Bonchev–Trinajstić information content (AvgIpc) is 3.35. The van der Waals surface area contributed by atoms with Crippen LogP contribution < -0.4 is 20.1 Å². The van der Waals surface area contributed by atoms with Crippen molar-refractivity contribution in [1.29, 1.82) is 0 Å². The second-order valence-electron chi connectivity index (χ2n) is 12.6. The van der Waals surface area contributed by atoms with E-state index in [0.29, 0.717) is 22.5 Å². The van der Waals surface area contributed by atoms with E-state index in [0.717, 1.165) is 66.4 Å². The molecule has 0 radical (unpaired) electrons. The van der Waals surface area contributed by atoms with E-state index in [1.54, 1.807) is 13.8 Å². The van der Waals surface area contributed by atoms with Crippen LogP contribution in [0.2, 0.25) is 0 Å². The molecule has 250 valence electrons. The molecule has 0 saturated heterocycles. The molecule has 2 amide bonds. The number of benzene rings is 6. The number of nitrogens with one attached hydrogen (secondary N) is 2. The Morgan fingerprint density at radius 3 is 1.35 bits per heavy atom. The van der Waals surface area contributed by atoms with Crippen LogP contribution in [-0.4, -0.2) is 18.6 Å². The van der Waals surface area contributed by atoms with Crippen molar-refractivity contribution in [2.24, 2.45) is 0 Å². The Morgan fingerprint density at radius 2 is 0.961 bits per heavy atom. The van der Waals surface area contributed by atoms with Crippen LogP contribution in [0.15, 0.2) is 133 Å².